The quantitative estimate of drug-likeness (QED) is 0.683. The summed E-state index contributed by atoms with van der Waals surface area (Å²) in [5.41, 5.74) is 6.51. The van der Waals surface area contributed by atoms with Gasteiger partial charge in [0.1, 0.15) is 10.8 Å². The van der Waals surface area contributed by atoms with Crippen LogP contribution in [0.2, 0.25) is 10.0 Å². The maximum atomic E-state index is 11.5. The third kappa shape index (κ3) is 2.98. The molecule has 0 saturated heterocycles. The number of hydrogen-bond donors (Lipinski definition) is 1. The molecule has 104 valence electrons. The van der Waals surface area contributed by atoms with Crippen LogP contribution in [0.5, 0.6) is 11.5 Å². The number of rotatable bonds is 3. The maximum absolute atomic E-state index is 11.5. The molecule has 2 N–H and O–H groups in total. The van der Waals surface area contributed by atoms with Crippen LogP contribution in [0.4, 0.5) is 5.69 Å². The molecule has 0 radical (unpaired) electrons. The number of methoxy groups -OCH3 is 1. The Hall–Kier alpha value is -1.91. The Morgan fingerprint density at radius 2 is 1.90 bits per heavy atom. The lowest BCUT2D eigenvalue weighted by Gasteiger charge is -2.11. The average molecular weight is 312 g/mol. The fourth-order valence-corrected chi connectivity index (χ4v) is 1.88. The predicted molar refractivity (Wildman–Crippen MR) is 78.7 cm³/mol. The van der Waals surface area contributed by atoms with Gasteiger partial charge in [0.05, 0.1) is 23.4 Å². The summed E-state index contributed by atoms with van der Waals surface area (Å²) in [7, 11) is 1.30. The van der Waals surface area contributed by atoms with Crippen LogP contribution in [-0.4, -0.2) is 13.1 Å². The lowest BCUT2D eigenvalue weighted by Crippen LogP contribution is -2.02. The van der Waals surface area contributed by atoms with Gasteiger partial charge in [-0.2, -0.15) is 0 Å². The van der Waals surface area contributed by atoms with Gasteiger partial charge in [-0.1, -0.05) is 29.3 Å². The highest BCUT2D eigenvalue weighted by atomic mass is 35.5. The Morgan fingerprint density at radius 1 is 1.15 bits per heavy atom. The molecule has 0 amide bonds. The number of benzene rings is 2. The van der Waals surface area contributed by atoms with Gasteiger partial charge in [-0.15, -0.1) is 0 Å². The number of esters is 1. The second kappa shape index (κ2) is 6.03. The second-order valence-electron chi connectivity index (χ2n) is 3.90. The van der Waals surface area contributed by atoms with E-state index < -0.39 is 5.97 Å². The van der Waals surface area contributed by atoms with E-state index in [1.165, 1.54) is 13.2 Å². The fraction of sp³-hybridized carbons (Fsp3) is 0.0714. The highest BCUT2D eigenvalue weighted by molar-refractivity contribution is 6.42. The fourth-order valence-electron chi connectivity index (χ4n) is 1.55. The number of hydrogen-bond acceptors (Lipinski definition) is 4. The van der Waals surface area contributed by atoms with E-state index in [1.54, 1.807) is 30.3 Å². The summed E-state index contributed by atoms with van der Waals surface area (Å²) in [5, 5.41) is 0.642. The summed E-state index contributed by atoms with van der Waals surface area (Å²) in [6, 6.07) is 9.58. The number of nitrogen functional groups attached to an aromatic ring is 1. The van der Waals surface area contributed by atoms with Crippen LogP contribution in [0.15, 0.2) is 36.4 Å². The van der Waals surface area contributed by atoms with Crippen LogP contribution < -0.4 is 10.5 Å². The van der Waals surface area contributed by atoms with Crippen molar-refractivity contribution in [1.82, 2.24) is 0 Å². The summed E-state index contributed by atoms with van der Waals surface area (Å²) < 4.78 is 10.2. The summed E-state index contributed by atoms with van der Waals surface area (Å²) in [4.78, 5) is 11.5. The molecule has 0 fully saturated rings. The van der Waals surface area contributed by atoms with E-state index >= 15 is 0 Å². The van der Waals surface area contributed by atoms with E-state index in [1.807, 2.05) is 0 Å². The molecule has 0 saturated carbocycles. The largest absolute Gasteiger partial charge is 0.465 e. The van der Waals surface area contributed by atoms with Crippen LogP contribution in [0.3, 0.4) is 0 Å². The molecule has 0 bridgehead atoms. The Kier molecular flexibility index (Phi) is 4.37. The summed E-state index contributed by atoms with van der Waals surface area (Å²) in [5.74, 6) is 0.178. The molecule has 0 aliphatic rings. The molecular formula is C14H11Cl2NO3. The zero-order chi connectivity index (χ0) is 14.7. The van der Waals surface area contributed by atoms with Crippen molar-refractivity contribution >= 4 is 34.9 Å². The van der Waals surface area contributed by atoms with Crippen LogP contribution in [0, 0.1) is 0 Å². The topological polar surface area (TPSA) is 61.5 Å². The lowest BCUT2D eigenvalue weighted by molar-refractivity contribution is 0.0600. The maximum Gasteiger partial charge on any atom is 0.337 e. The molecule has 0 aliphatic heterocycles. The third-order valence-corrected chi connectivity index (χ3v) is 3.37. The first-order chi connectivity index (χ1) is 9.52. The van der Waals surface area contributed by atoms with Gasteiger partial charge in [-0.05, 0) is 30.3 Å². The third-order valence-electron chi connectivity index (χ3n) is 2.57. The second-order valence-corrected chi connectivity index (χ2v) is 4.68. The smallest absolute Gasteiger partial charge is 0.337 e. The molecule has 0 spiro atoms. The average Bonchev–Trinajstić information content (AvgIpc) is 2.45. The van der Waals surface area contributed by atoms with Crippen molar-refractivity contribution < 1.29 is 14.3 Å². The molecule has 0 aromatic heterocycles. The number of anilines is 1. The van der Waals surface area contributed by atoms with Gasteiger partial charge in [-0.3, -0.25) is 0 Å². The van der Waals surface area contributed by atoms with Crippen LogP contribution in [-0.2, 0) is 4.74 Å². The van der Waals surface area contributed by atoms with Gasteiger partial charge in [0, 0.05) is 0 Å². The molecule has 0 unspecified atom stereocenters. The van der Waals surface area contributed by atoms with Crippen molar-refractivity contribution in [3.63, 3.8) is 0 Å². The van der Waals surface area contributed by atoms with Crippen molar-refractivity contribution in [2.24, 2.45) is 0 Å². The lowest BCUT2D eigenvalue weighted by atomic mass is 10.2. The minimum Gasteiger partial charge on any atom is -0.465 e. The summed E-state index contributed by atoms with van der Waals surface area (Å²) in [6.07, 6.45) is 0. The molecule has 6 heteroatoms. The number of ether oxygens (including phenoxy) is 2. The van der Waals surface area contributed by atoms with Gasteiger partial charge in [-0.25, -0.2) is 4.79 Å². The van der Waals surface area contributed by atoms with E-state index in [-0.39, 0.29) is 5.02 Å². The molecular weight excluding hydrogens is 301 g/mol. The number of nitrogens with two attached hydrogens (primary N) is 1. The Labute approximate surface area is 126 Å². The first-order valence-electron chi connectivity index (χ1n) is 5.62. The van der Waals surface area contributed by atoms with Crippen molar-refractivity contribution in [2.45, 2.75) is 0 Å². The molecule has 0 atom stereocenters. The number of carbonyl (C=O) groups excluding carboxylic acids is 1. The van der Waals surface area contributed by atoms with E-state index in [0.717, 1.165) is 0 Å². The molecule has 2 aromatic carbocycles. The normalized spacial score (nSPS) is 10.2. The first-order valence-corrected chi connectivity index (χ1v) is 6.38. The van der Waals surface area contributed by atoms with Gasteiger partial charge in [0.2, 0.25) is 0 Å². The highest BCUT2D eigenvalue weighted by Gasteiger charge is 2.12. The van der Waals surface area contributed by atoms with E-state index in [9.17, 15) is 4.79 Å². The first kappa shape index (κ1) is 14.5. The van der Waals surface area contributed by atoms with Crippen LogP contribution in [0.25, 0.3) is 0 Å². The Bertz CT molecular complexity index is 659. The molecule has 0 heterocycles. The SMILES string of the molecule is COC(=O)c1ccc(N)c(Oc2cccc(Cl)c2Cl)c1. The number of carbonyl (C=O) groups is 1. The monoisotopic (exact) mass is 311 g/mol. The summed E-state index contributed by atoms with van der Waals surface area (Å²) in [6.45, 7) is 0. The minimum atomic E-state index is -0.480. The molecule has 4 nitrogen and oxygen atoms in total. The molecule has 0 aliphatic carbocycles. The van der Waals surface area contributed by atoms with Crippen molar-refractivity contribution in [3.8, 4) is 11.5 Å². The van der Waals surface area contributed by atoms with Crippen LogP contribution in [0.1, 0.15) is 10.4 Å². The standard InChI is InChI=1S/C14H11Cl2NO3/c1-19-14(18)8-5-6-10(17)12(7-8)20-11-4-2-3-9(15)13(11)16/h2-7H,17H2,1H3. The summed E-state index contributed by atoms with van der Waals surface area (Å²) >= 11 is 11.9. The van der Waals surface area contributed by atoms with Crippen molar-refractivity contribution in [3.05, 3.63) is 52.0 Å². The zero-order valence-corrected chi connectivity index (χ0v) is 12.0. The van der Waals surface area contributed by atoms with Crippen molar-refractivity contribution in [1.29, 1.82) is 0 Å². The molecule has 2 rings (SSSR count). The zero-order valence-electron chi connectivity index (χ0n) is 10.5. The minimum absolute atomic E-state index is 0.275. The van der Waals surface area contributed by atoms with Gasteiger partial charge in [0.25, 0.3) is 0 Å². The van der Waals surface area contributed by atoms with Crippen molar-refractivity contribution in [2.75, 3.05) is 12.8 Å². The Morgan fingerprint density at radius 3 is 2.60 bits per heavy atom. The highest BCUT2D eigenvalue weighted by Crippen LogP contribution is 2.36. The van der Waals surface area contributed by atoms with E-state index in [0.29, 0.717) is 27.8 Å². The van der Waals surface area contributed by atoms with E-state index in [2.05, 4.69) is 4.74 Å². The number of halogens is 2. The van der Waals surface area contributed by atoms with Gasteiger partial charge >= 0.3 is 5.97 Å². The molecule has 20 heavy (non-hydrogen) atoms. The van der Waals surface area contributed by atoms with E-state index in [4.69, 9.17) is 33.7 Å². The van der Waals surface area contributed by atoms with Gasteiger partial charge < -0.3 is 15.2 Å². The Balaban J connectivity index is 2.38. The van der Waals surface area contributed by atoms with Gasteiger partial charge in [0.15, 0.2) is 5.75 Å². The molecule has 2 aromatic rings. The predicted octanol–water partition coefficient (Wildman–Crippen LogP) is 4.15. The van der Waals surface area contributed by atoms with Crippen LogP contribution >= 0.6 is 23.2 Å².